The number of carbonyl (C=O) groups excluding carboxylic acids is 2. The number of benzene rings is 1. The second-order valence-corrected chi connectivity index (χ2v) is 6.39. The zero-order chi connectivity index (χ0) is 17.8. The molecule has 6 nitrogen and oxygen atoms in total. The van der Waals surface area contributed by atoms with Crippen LogP contribution in [0.5, 0.6) is 0 Å². The topological polar surface area (TPSA) is 82.8 Å². The van der Waals surface area contributed by atoms with E-state index in [0.29, 0.717) is 23.9 Å². The van der Waals surface area contributed by atoms with Gasteiger partial charge in [0.25, 0.3) is 11.8 Å². The molecule has 1 unspecified atom stereocenters. The van der Waals surface area contributed by atoms with Crippen LogP contribution in [0.3, 0.4) is 0 Å². The van der Waals surface area contributed by atoms with Gasteiger partial charge in [-0.25, -0.2) is 0 Å². The SMILES string of the molecule is CC(O)C(=O)N(Cc1ccc(C(=O)NC2CC2)cc1)Cc1ccco1. The number of nitrogens with one attached hydrogen (secondary N) is 1. The zero-order valence-electron chi connectivity index (χ0n) is 14.1. The van der Waals surface area contributed by atoms with E-state index < -0.39 is 6.10 Å². The second kappa shape index (κ2) is 7.53. The Balaban J connectivity index is 1.67. The van der Waals surface area contributed by atoms with Crippen LogP contribution in [-0.4, -0.2) is 34.0 Å². The molecule has 1 aliphatic carbocycles. The molecule has 1 aromatic carbocycles. The van der Waals surface area contributed by atoms with Crippen LogP contribution in [0.15, 0.2) is 47.1 Å². The van der Waals surface area contributed by atoms with Gasteiger partial charge in [-0.05, 0) is 49.6 Å². The molecule has 1 saturated carbocycles. The molecule has 1 aliphatic rings. The fourth-order valence-corrected chi connectivity index (χ4v) is 2.54. The number of nitrogens with zero attached hydrogens (tertiary/aromatic N) is 1. The van der Waals surface area contributed by atoms with Gasteiger partial charge in [-0.1, -0.05) is 12.1 Å². The van der Waals surface area contributed by atoms with E-state index in [-0.39, 0.29) is 18.4 Å². The number of aliphatic hydroxyl groups excluding tert-OH is 1. The maximum absolute atomic E-state index is 12.2. The van der Waals surface area contributed by atoms with E-state index >= 15 is 0 Å². The highest BCUT2D eigenvalue weighted by Crippen LogP contribution is 2.19. The molecule has 0 radical (unpaired) electrons. The average Bonchev–Trinajstić information content (AvgIpc) is 3.26. The van der Waals surface area contributed by atoms with Gasteiger partial charge in [0, 0.05) is 18.2 Å². The Hall–Kier alpha value is -2.60. The van der Waals surface area contributed by atoms with Crippen molar-refractivity contribution in [1.82, 2.24) is 10.2 Å². The van der Waals surface area contributed by atoms with Crippen LogP contribution < -0.4 is 5.32 Å². The Morgan fingerprint density at radius 3 is 2.52 bits per heavy atom. The van der Waals surface area contributed by atoms with Crippen LogP contribution in [0.1, 0.15) is 41.4 Å². The predicted molar refractivity (Wildman–Crippen MR) is 91.6 cm³/mol. The van der Waals surface area contributed by atoms with E-state index in [4.69, 9.17) is 4.42 Å². The summed E-state index contributed by atoms with van der Waals surface area (Å²) in [6.45, 7) is 2.05. The molecule has 1 aromatic heterocycles. The average molecular weight is 342 g/mol. The van der Waals surface area contributed by atoms with Gasteiger partial charge in [-0.2, -0.15) is 0 Å². The van der Waals surface area contributed by atoms with Crippen molar-refractivity contribution in [2.75, 3.05) is 0 Å². The van der Waals surface area contributed by atoms with Crippen molar-refractivity contribution < 1.29 is 19.1 Å². The lowest BCUT2D eigenvalue weighted by Gasteiger charge is -2.23. The summed E-state index contributed by atoms with van der Waals surface area (Å²) in [5, 5.41) is 12.6. The molecule has 2 amide bonds. The number of hydrogen-bond donors (Lipinski definition) is 2. The van der Waals surface area contributed by atoms with Crippen LogP contribution in [0.2, 0.25) is 0 Å². The number of hydrogen-bond acceptors (Lipinski definition) is 4. The minimum Gasteiger partial charge on any atom is -0.467 e. The Morgan fingerprint density at radius 1 is 1.24 bits per heavy atom. The van der Waals surface area contributed by atoms with Gasteiger partial charge in [-0.3, -0.25) is 9.59 Å². The lowest BCUT2D eigenvalue weighted by molar-refractivity contribution is -0.140. The molecule has 0 spiro atoms. The van der Waals surface area contributed by atoms with Crippen molar-refractivity contribution in [3.05, 3.63) is 59.5 Å². The molecule has 6 heteroatoms. The van der Waals surface area contributed by atoms with Gasteiger partial charge < -0.3 is 19.7 Å². The molecule has 132 valence electrons. The smallest absolute Gasteiger partial charge is 0.251 e. The lowest BCUT2D eigenvalue weighted by Crippen LogP contribution is -2.36. The van der Waals surface area contributed by atoms with Crippen molar-refractivity contribution in [2.45, 2.75) is 45.0 Å². The van der Waals surface area contributed by atoms with Crippen LogP contribution in [0.4, 0.5) is 0 Å². The molecule has 2 aromatic rings. The molecule has 0 aliphatic heterocycles. The Kier molecular flexibility index (Phi) is 5.19. The van der Waals surface area contributed by atoms with E-state index in [1.54, 1.807) is 30.5 Å². The molecule has 1 heterocycles. The fourth-order valence-electron chi connectivity index (χ4n) is 2.54. The second-order valence-electron chi connectivity index (χ2n) is 6.39. The maximum atomic E-state index is 12.2. The van der Waals surface area contributed by atoms with E-state index in [1.807, 2.05) is 12.1 Å². The molecular formula is C19H22N2O4. The van der Waals surface area contributed by atoms with Crippen LogP contribution in [-0.2, 0) is 17.9 Å². The van der Waals surface area contributed by atoms with E-state index in [1.165, 1.54) is 11.8 Å². The predicted octanol–water partition coefficient (Wildman–Crippen LogP) is 2.08. The summed E-state index contributed by atoms with van der Waals surface area (Å²) in [7, 11) is 0. The van der Waals surface area contributed by atoms with E-state index in [2.05, 4.69) is 5.32 Å². The standard InChI is InChI=1S/C19H22N2O4/c1-13(22)19(24)21(12-17-3-2-10-25-17)11-14-4-6-15(7-5-14)18(23)20-16-8-9-16/h2-7,10,13,16,22H,8-9,11-12H2,1H3,(H,20,23). The monoisotopic (exact) mass is 342 g/mol. The number of aliphatic hydroxyl groups is 1. The Bertz CT molecular complexity index is 718. The third-order valence-electron chi connectivity index (χ3n) is 4.10. The molecule has 2 N–H and O–H groups in total. The number of carbonyl (C=O) groups is 2. The van der Waals surface area contributed by atoms with Crippen molar-refractivity contribution in [3.63, 3.8) is 0 Å². The van der Waals surface area contributed by atoms with Gasteiger partial charge in [0.15, 0.2) is 0 Å². The number of furan rings is 1. The third-order valence-corrected chi connectivity index (χ3v) is 4.10. The first-order chi connectivity index (χ1) is 12.0. The summed E-state index contributed by atoms with van der Waals surface area (Å²) >= 11 is 0. The normalized spacial score (nSPS) is 14.8. The van der Waals surface area contributed by atoms with Crippen LogP contribution in [0, 0.1) is 0 Å². The van der Waals surface area contributed by atoms with Crippen molar-refractivity contribution in [2.24, 2.45) is 0 Å². The summed E-state index contributed by atoms with van der Waals surface area (Å²) in [4.78, 5) is 25.8. The minimum absolute atomic E-state index is 0.0680. The van der Waals surface area contributed by atoms with Crippen molar-refractivity contribution in [1.29, 1.82) is 0 Å². The molecule has 25 heavy (non-hydrogen) atoms. The molecule has 3 rings (SSSR count). The van der Waals surface area contributed by atoms with Gasteiger partial charge >= 0.3 is 0 Å². The first-order valence-corrected chi connectivity index (χ1v) is 8.42. The summed E-state index contributed by atoms with van der Waals surface area (Å²) in [6.07, 6.45) is 2.56. The van der Waals surface area contributed by atoms with Crippen molar-refractivity contribution >= 4 is 11.8 Å². The summed E-state index contributed by atoms with van der Waals surface area (Å²) in [6, 6.07) is 11.0. The summed E-state index contributed by atoms with van der Waals surface area (Å²) < 4.78 is 5.30. The molecule has 1 atom stereocenters. The molecular weight excluding hydrogens is 320 g/mol. The first-order valence-electron chi connectivity index (χ1n) is 8.42. The quantitative estimate of drug-likeness (QED) is 0.807. The Morgan fingerprint density at radius 2 is 1.96 bits per heavy atom. The highest BCUT2D eigenvalue weighted by atomic mass is 16.3. The highest BCUT2D eigenvalue weighted by molar-refractivity contribution is 5.94. The highest BCUT2D eigenvalue weighted by Gasteiger charge is 2.24. The summed E-state index contributed by atoms with van der Waals surface area (Å²) in [5.41, 5.74) is 1.48. The van der Waals surface area contributed by atoms with E-state index in [9.17, 15) is 14.7 Å². The third kappa shape index (κ3) is 4.70. The van der Waals surface area contributed by atoms with Gasteiger partial charge in [-0.15, -0.1) is 0 Å². The Labute approximate surface area is 146 Å². The van der Waals surface area contributed by atoms with Gasteiger partial charge in [0.1, 0.15) is 11.9 Å². The zero-order valence-corrected chi connectivity index (χ0v) is 14.1. The molecule has 1 fully saturated rings. The van der Waals surface area contributed by atoms with Gasteiger partial charge in [0.2, 0.25) is 0 Å². The lowest BCUT2D eigenvalue weighted by atomic mass is 10.1. The van der Waals surface area contributed by atoms with Crippen LogP contribution >= 0.6 is 0 Å². The fraction of sp³-hybridized carbons (Fsp3) is 0.368. The maximum Gasteiger partial charge on any atom is 0.251 e. The minimum atomic E-state index is -1.08. The van der Waals surface area contributed by atoms with Crippen LogP contribution in [0.25, 0.3) is 0 Å². The van der Waals surface area contributed by atoms with Gasteiger partial charge in [0.05, 0.1) is 12.8 Å². The number of amides is 2. The van der Waals surface area contributed by atoms with Crippen molar-refractivity contribution in [3.8, 4) is 0 Å². The summed E-state index contributed by atoms with van der Waals surface area (Å²) in [5.74, 6) is 0.211. The first kappa shape index (κ1) is 17.2. The largest absolute Gasteiger partial charge is 0.467 e. The van der Waals surface area contributed by atoms with E-state index in [0.717, 1.165) is 18.4 Å². The number of rotatable bonds is 7. The molecule has 0 bridgehead atoms. The molecule has 0 saturated heterocycles.